The van der Waals surface area contributed by atoms with E-state index in [0.717, 1.165) is 86.2 Å². The molecule has 2 saturated heterocycles. The molecule has 8 nitrogen and oxygen atoms in total. The summed E-state index contributed by atoms with van der Waals surface area (Å²) in [6, 6.07) is 24.7. The smallest absolute Gasteiger partial charge is 0.183 e. The normalized spacial score (nSPS) is 18.1. The molecule has 258 valence electrons. The summed E-state index contributed by atoms with van der Waals surface area (Å²) in [5, 5.41) is 0. The number of ketones is 2. The molecule has 0 aliphatic carbocycles. The van der Waals surface area contributed by atoms with Crippen LogP contribution >= 0.6 is 0 Å². The van der Waals surface area contributed by atoms with Gasteiger partial charge in [-0.3, -0.25) is 19.4 Å². The standard InChI is InChI=1S/C40H54N4O4/c1-7-39(41(3)4,37(45)33-13-17-35(18-14-33)43-21-25-47-26-22-43)29-31-9-11-32(12-10-31)30-40(8-2,42(5)6)38(46)34-15-19-36(20-16-34)44-23-27-48-28-24-44/h9-20H,7-8,21-30H2,1-6H3. The highest BCUT2D eigenvalue weighted by atomic mass is 16.5. The van der Waals surface area contributed by atoms with Crippen LogP contribution in [0.4, 0.5) is 11.4 Å². The van der Waals surface area contributed by atoms with E-state index >= 15 is 0 Å². The maximum atomic E-state index is 14.2. The number of carbonyl (C=O) groups excluding carboxylic acids is 2. The maximum Gasteiger partial charge on any atom is 0.183 e. The van der Waals surface area contributed by atoms with Gasteiger partial charge in [0.1, 0.15) is 0 Å². The number of rotatable bonds is 14. The van der Waals surface area contributed by atoms with E-state index in [1.165, 1.54) is 0 Å². The summed E-state index contributed by atoms with van der Waals surface area (Å²) in [5.74, 6) is 0.269. The van der Waals surface area contributed by atoms with Gasteiger partial charge in [-0.1, -0.05) is 38.1 Å². The molecule has 2 heterocycles. The Hall–Kier alpha value is -3.56. The third-order valence-electron chi connectivity index (χ3n) is 10.8. The number of morpholine rings is 2. The first kappa shape index (κ1) is 35.7. The number of hydrogen-bond donors (Lipinski definition) is 0. The molecule has 2 fully saturated rings. The van der Waals surface area contributed by atoms with Gasteiger partial charge < -0.3 is 19.3 Å². The van der Waals surface area contributed by atoms with Crippen LogP contribution < -0.4 is 9.80 Å². The fraction of sp³-hybridized carbons (Fsp3) is 0.500. The van der Waals surface area contributed by atoms with Crippen molar-refractivity contribution in [2.24, 2.45) is 0 Å². The van der Waals surface area contributed by atoms with Gasteiger partial charge in [-0.05, 0) is 114 Å². The van der Waals surface area contributed by atoms with Crippen molar-refractivity contribution >= 4 is 22.9 Å². The van der Waals surface area contributed by atoms with Gasteiger partial charge in [-0.15, -0.1) is 0 Å². The van der Waals surface area contributed by atoms with Gasteiger partial charge in [0, 0.05) is 48.7 Å². The topological polar surface area (TPSA) is 65.6 Å². The molecular weight excluding hydrogens is 600 g/mol. The zero-order valence-electron chi connectivity index (χ0n) is 29.8. The maximum absolute atomic E-state index is 14.2. The number of hydrogen-bond acceptors (Lipinski definition) is 8. The summed E-state index contributed by atoms with van der Waals surface area (Å²) in [5.41, 5.74) is 4.56. The van der Waals surface area contributed by atoms with Crippen molar-refractivity contribution in [3.8, 4) is 0 Å². The summed E-state index contributed by atoms with van der Waals surface area (Å²) >= 11 is 0. The first-order valence-corrected chi connectivity index (χ1v) is 17.5. The van der Waals surface area contributed by atoms with Crippen LogP contribution in [-0.4, -0.2) is 113 Å². The Bertz CT molecular complexity index is 1380. The van der Waals surface area contributed by atoms with E-state index in [2.05, 4.69) is 82.0 Å². The number of ether oxygens (including phenoxy) is 2. The number of carbonyl (C=O) groups is 2. The molecule has 3 aromatic carbocycles. The zero-order chi connectivity index (χ0) is 34.3. The quantitative estimate of drug-likeness (QED) is 0.207. The van der Waals surface area contributed by atoms with Crippen molar-refractivity contribution < 1.29 is 19.1 Å². The molecule has 0 saturated carbocycles. The predicted molar refractivity (Wildman–Crippen MR) is 195 cm³/mol. The molecule has 0 spiro atoms. The minimum atomic E-state index is -0.678. The van der Waals surface area contributed by atoms with Crippen molar-refractivity contribution in [1.29, 1.82) is 0 Å². The van der Waals surface area contributed by atoms with Gasteiger partial charge in [0.15, 0.2) is 11.6 Å². The summed E-state index contributed by atoms with van der Waals surface area (Å²) in [7, 11) is 8.01. The van der Waals surface area contributed by atoms with E-state index in [1.54, 1.807) is 0 Å². The molecular formula is C40H54N4O4. The SMILES string of the molecule is CCC(Cc1ccc(CC(CC)(C(=O)c2ccc(N3CCOCC3)cc2)N(C)C)cc1)(C(=O)c1ccc(N2CCOCC2)cc1)N(C)C. The second-order valence-corrected chi connectivity index (χ2v) is 13.7. The summed E-state index contributed by atoms with van der Waals surface area (Å²) < 4.78 is 11.0. The number of anilines is 2. The Kier molecular flexibility index (Phi) is 11.7. The summed E-state index contributed by atoms with van der Waals surface area (Å²) in [6.07, 6.45) is 2.57. The second kappa shape index (κ2) is 15.8. The lowest BCUT2D eigenvalue weighted by molar-refractivity contribution is 0.0659. The number of Topliss-reactive ketones (excluding diaryl/α,β-unsaturated/α-hetero) is 2. The molecule has 0 amide bonds. The van der Waals surface area contributed by atoms with Crippen molar-refractivity contribution in [3.05, 3.63) is 95.1 Å². The van der Waals surface area contributed by atoms with Gasteiger partial charge in [-0.2, -0.15) is 0 Å². The Morgan fingerprint density at radius 2 is 0.875 bits per heavy atom. The average Bonchev–Trinajstić information content (AvgIpc) is 3.13. The highest BCUT2D eigenvalue weighted by molar-refractivity contribution is 6.04. The fourth-order valence-corrected chi connectivity index (χ4v) is 7.36. The van der Waals surface area contributed by atoms with Crippen molar-refractivity contribution in [1.82, 2.24) is 9.80 Å². The van der Waals surface area contributed by atoms with Crippen LogP contribution in [0.5, 0.6) is 0 Å². The third-order valence-corrected chi connectivity index (χ3v) is 10.8. The van der Waals surface area contributed by atoms with Crippen molar-refractivity contribution in [2.45, 2.75) is 50.6 Å². The molecule has 0 radical (unpaired) electrons. The number of nitrogens with zero attached hydrogens (tertiary/aromatic N) is 4. The lowest BCUT2D eigenvalue weighted by Crippen LogP contribution is -2.52. The van der Waals surface area contributed by atoms with Gasteiger partial charge in [0.25, 0.3) is 0 Å². The minimum absolute atomic E-state index is 0.135. The van der Waals surface area contributed by atoms with E-state index < -0.39 is 11.1 Å². The second-order valence-electron chi connectivity index (χ2n) is 13.7. The van der Waals surface area contributed by atoms with E-state index in [4.69, 9.17) is 9.47 Å². The zero-order valence-corrected chi connectivity index (χ0v) is 29.8. The van der Waals surface area contributed by atoms with Crippen LogP contribution in [0.15, 0.2) is 72.8 Å². The van der Waals surface area contributed by atoms with Crippen LogP contribution in [0.2, 0.25) is 0 Å². The molecule has 0 aromatic heterocycles. The first-order valence-electron chi connectivity index (χ1n) is 17.5. The van der Waals surface area contributed by atoms with Crippen LogP contribution in [0.3, 0.4) is 0 Å². The Balaban J connectivity index is 1.32. The van der Waals surface area contributed by atoms with Gasteiger partial charge in [0.05, 0.1) is 37.5 Å². The lowest BCUT2D eigenvalue weighted by Gasteiger charge is -2.39. The first-order chi connectivity index (χ1) is 23.1. The fourth-order valence-electron chi connectivity index (χ4n) is 7.36. The van der Waals surface area contributed by atoms with Crippen LogP contribution in [0.1, 0.15) is 58.5 Å². The predicted octanol–water partition coefficient (Wildman–Crippen LogP) is 5.63. The van der Waals surface area contributed by atoms with Crippen LogP contribution in [0.25, 0.3) is 0 Å². The molecule has 2 aliphatic rings. The molecule has 2 atom stereocenters. The van der Waals surface area contributed by atoms with Crippen molar-refractivity contribution in [3.63, 3.8) is 0 Å². The van der Waals surface area contributed by atoms with E-state index in [1.807, 2.05) is 52.5 Å². The van der Waals surface area contributed by atoms with E-state index in [0.29, 0.717) is 25.7 Å². The number of likely N-dealkylation sites (N-methyl/N-ethyl adjacent to an activating group) is 2. The third kappa shape index (κ3) is 7.52. The monoisotopic (exact) mass is 654 g/mol. The Labute approximate surface area is 287 Å². The summed E-state index contributed by atoms with van der Waals surface area (Å²) in [6.45, 7) is 10.6. The number of benzene rings is 3. The summed E-state index contributed by atoms with van der Waals surface area (Å²) in [4.78, 5) is 37.2. The van der Waals surface area contributed by atoms with Gasteiger partial charge in [-0.25, -0.2) is 0 Å². The Morgan fingerprint density at radius 1 is 0.562 bits per heavy atom. The highest BCUT2D eigenvalue weighted by Crippen LogP contribution is 2.32. The molecule has 2 aliphatic heterocycles. The van der Waals surface area contributed by atoms with Crippen LogP contribution in [0, 0.1) is 0 Å². The molecule has 0 N–H and O–H groups in total. The molecule has 2 unspecified atom stereocenters. The van der Waals surface area contributed by atoms with Gasteiger partial charge in [0.2, 0.25) is 0 Å². The lowest BCUT2D eigenvalue weighted by atomic mass is 9.78. The molecule has 0 bridgehead atoms. The average molecular weight is 655 g/mol. The van der Waals surface area contributed by atoms with E-state index in [-0.39, 0.29) is 11.6 Å². The van der Waals surface area contributed by atoms with Crippen molar-refractivity contribution in [2.75, 3.05) is 90.6 Å². The Morgan fingerprint density at radius 3 is 1.15 bits per heavy atom. The highest BCUT2D eigenvalue weighted by Gasteiger charge is 2.41. The molecule has 48 heavy (non-hydrogen) atoms. The molecule has 3 aromatic rings. The van der Waals surface area contributed by atoms with Crippen LogP contribution in [-0.2, 0) is 22.3 Å². The largest absolute Gasteiger partial charge is 0.378 e. The van der Waals surface area contributed by atoms with Gasteiger partial charge >= 0.3 is 0 Å². The van der Waals surface area contributed by atoms with E-state index in [9.17, 15) is 9.59 Å². The molecule has 8 heteroatoms. The minimum Gasteiger partial charge on any atom is -0.378 e. The molecule has 5 rings (SSSR count).